The summed E-state index contributed by atoms with van der Waals surface area (Å²) in [5.41, 5.74) is 0. The first-order valence-corrected chi connectivity index (χ1v) is 7.54. The predicted octanol–water partition coefficient (Wildman–Crippen LogP) is 1.40. The minimum Gasteiger partial charge on any atom is -0.316 e. The molecule has 0 saturated carbocycles. The van der Waals surface area contributed by atoms with Crippen molar-refractivity contribution in [2.45, 2.75) is 32.6 Å². The highest BCUT2D eigenvalue weighted by molar-refractivity contribution is 4.78. The lowest BCUT2D eigenvalue weighted by atomic mass is 10.1. The molecule has 0 bridgehead atoms. The van der Waals surface area contributed by atoms with E-state index in [-0.39, 0.29) is 0 Å². The Kier molecular flexibility index (Phi) is 5.75. The van der Waals surface area contributed by atoms with Crippen LogP contribution in [0.25, 0.3) is 0 Å². The molecule has 1 unspecified atom stereocenters. The number of hydrogen-bond donors (Lipinski definition) is 1. The summed E-state index contributed by atoms with van der Waals surface area (Å²) >= 11 is 0. The van der Waals surface area contributed by atoms with Crippen molar-refractivity contribution >= 4 is 0 Å². The van der Waals surface area contributed by atoms with Crippen molar-refractivity contribution in [3.8, 4) is 0 Å². The molecular weight excluding hydrogens is 210 g/mol. The van der Waals surface area contributed by atoms with E-state index in [1.54, 1.807) is 0 Å². The number of nitrogens with zero attached hydrogens (tertiary/aromatic N) is 2. The number of hydrogen-bond acceptors (Lipinski definition) is 3. The average molecular weight is 239 g/mol. The molecule has 100 valence electrons. The maximum atomic E-state index is 3.56. The fourth-order valence-electron chi connectivity index (χ4n) is 3.05. The van der Waals surface area contributed by atoms with E-state index in [2.05, 4.69) is 22.0 Å². The lowest BCUT2D eigenvalue weighted by Gasteiger charge is -2.21. The van der Waals surface area contributed by atoms with Crippen molar-refractivity contribution in [2.75, 3.05) is 52.4 Å². The van der Waals surface area contributed by atoms with Crippen molar-refractivity contribution in [2.24, 2.45) is 5.92 Å². The van der Waals surface area contributed by atoms with E-state index in [1.165, 1.54) is 78.0 Å². The van der Waals surface area contributed by atoms with Crippen LogP contribution in [0.15, 0.2) is 0 Å². The van der Waals surface area contributed by atoms with E-state index in [0.29, 0.717) is 0 Å². The Morgan fingerprint density at radius 3 is 2.59 bits per heavy atom. The van der Waals surface area contributed by atoms with Crippen molar-refractivity contribution in [1.29, 1.82) is 0 Å². The fourth-order valence-corrected chi connectivity index (χ4v) is 3.05. The van der Waals surface area contributed by atoms with E-state index in [9.17, 15) is 0 Å². The Morgan fingerprint density at radius 2 is 1.82 bits per heavy atom. The predicted molar refractivity (Wildman–Crippen MR) is 73.4 cm³/mol. The highest BCUT2D eigenvalue weighted by Gasteiger charge is 2.22. The highest BCUT2D eigenvalue weighted by atomic mass is 15.2. The molecule has 0 aromatic heterocycles. The van der Waals surface area contributed by atoms with Gasteiger partial charge in [-0.3, -0.25) is 0 Å². The van der Waals surface area contributed by atoms with E-state index in [0.717, 1.165) is 5.92 Å². The van der Waals surface area contributed by atoms with Crippen LogP contribution >= 0.6 is 0 Å². The maximum absolute atomic E-state index is 3.56. The highest BCUT2D eigenvalue weighted by Crippen LogP contribution is 2.15. The minimum atomic E-state index is 0.903. The van der Waals surface area contributed by atoms with Crippen LogP contribution in [-0.2, 0) is 0 Å². The molecule has 2 rings (SSSR count). The summed E-state index contributed by atoms with van der Waals surface area (Å²) in [4.78, 5) is 5.29. The van der Waals surface area contributed by atoms with Crippen molar-refractivity contribution < 1.29 is 0 Å². The smallest absolute Gasteiger partial charge is 0.0109 e. The van der Waals surface area contributed by atoms with Crippen molar-refractivity contribution in [1.82, 2.24) is 15.1 Å². The molecule has 2 heterocycles. The molecule has 3 heteroatoms. The molecule has 0 radical (unpaired) electrons. The van der Waals surface area contributed by atoms with E-state index < -0.39 is 0 Å². The molecule has 2 aliphatic heterocycles. The summed E-state index contributed by atoms with van der Waals surface area (Å²) in [6.07, 6.45) is 5.50. The standard InChI is InChI=1S/C14H29N3/c1-2-6-15-12-14-5-9-17(13-14)11-10-16-7-3-4-8-16/h14-15H,2-13H2,1H3. The quantitative estimate of drug-likeness (QED) is 0.678. The summed E-state index contributed by atoms with van der Waals surface area (Å²) in [6, 6.07) is 0. The molecular formula is C14H29N3. The lowest BCUT2D eigenvalue weighted by Crippen LogP contribution is -2.33. The maximum Gasteiger partial charge on any atom is 0.0109 e. The van der Waals surface area contributed by atoms with Crippen LogP contribution in [0.1, 0.15) is 32.6 Å². The zero-order chi connectivity index (χ0) is 11.9. The van der Waals surface area contributed by atoms with Gasteiger partial charge in [-0.2, -0.15) is 0 Å². The van der Waals surface area contributed by atoms with Gasteiger partial charge in [0.2, 0.25) is 0 Å². The molecule has 2 aliphatic rings. The van der Waals surface area contributed by atoms with E-state index in [4.69, 9.17) is 0 Å². The van der Waals surface area contributed by atoms with Gasteiger partial charge in [0, 0.05) is 19.6 Å². The lowest BCUT2D eigenvalue weighted by molar-refractivity contribution is 0.251. The van der Waals surface area contributed by atoms with Crippen LogP contribution in [0.2, 0.25) is 0 Å². The second-order valence-electron chi connectivity index (χ2n) is 5.71. The topological polar surface area (TPSA) is 18.5 Å². The van der Waals surface area contributed by atoms with Crippen molar-refractivity contribution in [3.63, 3.8) is 0 Å². The first kappa shape index (κ1) is 13.3. The molecule has 17 heavy (non-hydrogen) atoms. The Labute approximate surface area is 107 Å². The summed E-state index contributed by atoms with van der Waals surface area (Å²) in [6.45, 7) is 12.6. The van der Waals surface area contributed by atoms with Gasteiger partial charge >= 0.3 is 0 Å². The Bertz CT molecular complexity index is 202. The normalized spacial score (nSPS) is 27.0. The third kappa shape index (κ3) is 4.57. The number of likely N-dealkylation sites (tertiary alicyclic amines) is 2. The van der Waals surface area contributed by atoms with Crippen LogP contribution in [0.5, 0.6) is 0 Å². The van der Waals surface area contributed by atoms with Gasteiger partial charge in [-0.25, -0.2) is 0 Å². The zero-order valence-electron chi connectivity index (χ0n) is 11.5. The first-order chi connectivity index (χ1) is 8.38. The first-order valence-electron chi connectivity index (χ1n) is 7.54. The van der Waals surface area contributed by atoms with E-state index >= 15 is 0 Å². The number of rotatable bonds is 7. The SMILES string of the molecule is CCCNCC1CCN(CCN2CCCC2)C1. The van der Waals surface area contributed by atoms with Crippen LogP contribution in [0.4, 0.5) is 0 Å². The molecule has 0 amide bonds. The van der Waals surface area contributed by atoms with Gasteiger partial charge in [-0.05, 0) is 64.3 Å². The van der Waals surface area contributed by atoms with Gasteiger partial charge in [0.05, 0.1) is 0 Å². The molecule has 0 aromatic carbocycles. The largest absolute Gasteiger partial charge is 0.316 e. The van der Waals surface area contributed by atoms with Crippen LogP contribution < -0.4 is 5.32 Å². The average Bonchev–Trinajstić information content (AvgIpc) is 2.98. The molecule has 0 aliphatic carbocycles. The Balaban J connectivity index is 1.54. The van der Waals surface area contributed by atoms with Gasteiger partial charge in [-0.15, -0.1) is 0 Å². The molecule has 2 fully saturated rings. The molecule has 1 N–H and O–H groups in total. The molecule has 0 spiro atoms. The molecule has 1 atom stereocenters. The summed E-state index contributed by atoms with van der Waals surface area (Å²) in [5, 5.41) is 3.56. The second kappa shape index (κ2) is 7.34. The van der Waals surface area contributed by atoms with Crippen LogP contribution in [0, 0.1) is 5.92 Å². The van der Waals surface area contributed by atoms with Crippen LogP contribution in [-0.4, -0.2) is 62.2 Å². The van der Waals surface area contributed by atoms with E-state index in [1.807, 2.05) is 0 Å². The van der Waals surface area contributed by atoms with Gasteiger partial charge in [0.1, 0.15) is 0 Å². The van der Waals surface area contributed by atoms with Gasteiger partial charge in [-0.1, -0.05) is 6.92 Å². The van der Waals surface area contributed by atoms with Gasteiger partial charge in [0.15, 0.2) is 0 Å². The van der Waals surface area contributed by atoms with Crippen LogP contribution in [0.3, 0.4) is 0 Å². The molecule has 3 nitrogen and oxygen atoms in total. The number of nitrogens with one attached hydrogen (secondary N) is 1. The third-order valence-electron chi connectivity index (χ3n) is 4.16. The summed E-state index contributed by atoms with van der Waals surface area (Å²) in [7, 11) is 0. The van der Waals surface area contributed by atoms with Gasteiger partial charge < -0.3 is 15.1 Å². The monoisotopic (exact) mass is 239 g/mol. The summed E-state index contributed by atoms with van der Waals surface area (Å²) in [5.74, 6) is 0.903. The molecule has 0 aromatic rings. The second-order valence-corrected chi connectivity index (χ2v) is 5.71. The Morgan fingerprint density at radius 1 is 1.06 bits per heavy atom. The zero-order valence-corrected chi connectivity index (χ0v) is 11.5. The van der Waals surface area contributed by atoms with Gasteiger partial charge in [0.25, 0.3) is 0 Å². The summed E-state index contributed by atoms with van der Waals surface area (Å²) < 4.78 is 0. The fraction of sp³-hybridized carbons (Fsp3) is 1.00. The van der Waals surface area contributed by atoms with Crippen molar-refractivity contribution in [3.05, 3.63) is 0 Å². The third-order valence-corrected chi connectivity index (χ3v) is 4.16. The Hall–Kier alpha value is -0.120. The minimum absolute atomic E-state index is 0.903. The molecule has 2 saturated heterocycles.